The number of rotatable bonds is 2. The topological polar surface area (TPSA) is 32.3 Å². The molecule has 3 nitrogen and oxygen atoms in total. The van der Waals surface area contributed by atoms with Crippen molar-refractivity contribution in [2.45, 2.75) is 33.1 Å². The van der Waals surface area contributed by atoms with Crippen LogP contribution < -0.4 is 5.43 Å². The van der Waals surface area contributed by atoms with Gasteiger partial charge in [0.05, 0.1) is 0 Å². The highest BCUT2D eigenvalue weighted by Gasteiger charge is 2.14. The van der Waals surface area contributed by atoms with E-state index in [2.05, 4.69) is 12.3 Å². The number of aryl methyl sites for hydroxylation is 2. The second-order valence-corrected chi connectivity index (χ2v) is 4.79. The number of hydrogen-bond acceptors (Lipinski definition) is 2. The van der Waals surface area contributed by atoms with Crippen LogP contribution in [0.25, 0.3) is 0 Å². The summed E-state index contributed by atoms with van der Waals surface area (Å²) in [5, 5.41) is 2.03. The summed E-state index contributed by atoms with van der Waals surface area (Å²) in [5.41, 5.74) is 6.11. The molecule has 0 spiro atoms. The molecule has 1 fully saturated rings. The third-order valence-electron chi connectivity index (χ3n) is 3.38. The van der Waals surface area contributed by atoms with E-state index in [0.29, 0.717) is 0 Å². The molecule has 1 heterocycles. The van der Waals surface area contributed by atoms with Gasteiger partial charge in [0.25, 0.3) is 5.91 Å². The van der Waals surface area contributed by atoms with Crippen LogP contribution in [0.2, 0.25) is 0 Å². The normalized spacial score (nSPS) is 16.8. The van der Waals surface area contributed by atoms with Gasteiger partial charge in [-0.15, -0.1) is 0 Å². The summed E-state index contributed by atoms with van der Waals surface area (Å²) < 4.78 is 0. The molecule has 0 unspecified atom stereocenters. The Morgan fingerprint density at radius 1 is 1.12 bits per heavy atom. The average molecular weight is 232 g/mol. The molecule has 0 aromatic heterocycles. The second-order valence-electron chi connectivity index (χ2n) is 4.79. The van der Waals surface area contributed by atoms with Crippen LogP contribution in [-0.2, 0) is 0 Å². The van der Waals surface area contributed by atoms with Crippen LogP contribution in [0.5, 0.6) is 0 Å². The fraction of sp³-hybridized carbons (Fsp3) is 0.500. The van der Waals surface area contributed by atoms with Gasteiger partial charge < -0.3 is 0 Å². The molecule has 0 bridgehead atoms. The Morgan fingerprint density at radius 3 is 2.47 bits per heavy atom. The number of nitrogens with zero attached hydrogens (tertiary/aromatic N) is 1. The summed E-state index contributed by atoms with van der Waals surface area (Å²) in [5.74, 6) is 0.00926. The van der Waals surface area contributed by atoms with Gasteiger partial charge in [0, 0.05) is 18.7 Å². The Hall–Kier alpha value is -1.35. The van der Waals surface area contributed by atoms with E-state index in [9.17, 15) is 4.79 Å². The highest BCUT2D eigenvalue weighted by Crippen LogP contribution is 2.11. The summed E-state index contributed by atoms with van der Waals surface area (Å²) in [6.07, 6.45) is 3.62. The van der Waals surface area contributed by atoms with Crippen LogP contribution in [-0.4, -0.2) is 24.0 Å². The third kappa shape index (κ3) is 3.07. The molecule has 1 amide bonds. The average Bonchev–Trinajstić information content (AvgIpc) is 2.34. The minimum absolute atomic E-state index is 0.00926. The summed E-state index contributed by atoms with van der Waals surface area (Å²) >= 11 is 0. The van der Waals surface area contributed by atoms with Crippen LogP contribution >= 0.6 is 0 Å². The Morgan fingerprint density at radius 2 is 1.82 bits per heavy atom. The van der Waals surface area contributed by atoms with Gasteiger partial charge in [-0.25, -0.2) is 5.01 Å². The first-order chi connectivity index (χ1) is 8.16. The molecule has 1 aromatic rings. The maximum atomic E-state index is 12.0. The fourth-order valence-electron chi connectivity index (χ4n) is 2.10. The molecular formula is C14H20N2O. The number of carbonyl (C=O) groups excluding carboxylic acids is 1. The van der Waals surface area contributed by atoms with Crippen LogP contribution in [0.15, 0.2) is 18.2 Å². The molecule has 17 heavy (non-hydrogen) atoms. The van der Waals surface area contributed by atoms with Crippen molar-refractivity contribution in [3.05, 3.63) is 34.9 Å². The number of carbonyl (C=O) groups is 1. The first kappa shape index (κ1) is 12.1. The molecule has 92 valence electrons. The zero-order chi connectivity index (χ0) is 12.3. The zero-order valence-electron chi connectivity index (χ0n) is 10.6. The summed E-state index contributed by atoms with van der Waals surface area (Å²) in [4.78, 5) is 12.0. The van der Waals surface area contributed by atoms with Gasteiger partial charge in [-0.05, 0) is 49.9 Å². The van der Waals surface area contributed by atoms with Crippen LogP contribution in [0.3, 0.4) is 0 Å². The monoisotopic (exact) mass is 232 g/mol. The number of hydrazine groups is 1. The molecule has 0 saturated carbocycles. The number of hydrogen-bond donors (Lipinski definition) is 1. The Labute approximate surface area is 103 Å². The standard InChI is InChI=1S/C14H20N2O/c1-11-6-7-13(10-12(11)2)14(17)15-16-8-4-3-5-9-16/h6-7,10H,3-5,8-9H2,1-2H3,(H,15,17). The molecule has 1 aromatic carbocycles. The summed E-state index contributed by atoms with van der Waals surface area (Å²) in [7, 11) is 0. The lowest BCUT2D eigenvalue weighted by Crippen LogP contribution is -2.45. The van der Waals surface area contributed by atoms with Crippen molar-refractivity contribution in [1.82, 2.24) is 10.4 Å². The molecule has 2 rings (SSSR count). The quantitative estimate of drug-likeness (QED) is 0.849. The lowest BCUT2D eigenvalue weighted by molar-refractivity contribution is 0.0750. The Balaban J connectivity index is 2.01. The van der Waals surface area contributed by atoms with Crippen molar-refractivity contribution < 1.29 is 4.79 Å². The van der Waals surface area contributed by atoms with E-state index < -0.39 is 0 Å². The van der Waals surface area contributed by atoms with Crippen molar-refractivity contribution in [2.24, 2.45) is 0 Å². The lowest BCUT2D eigenvalue weighted by Gasteiger charge is -2.26. The minimum Gasteiger partial charge on any atom is -0.285 e. The predicted octanol–water partition coefficient (Wildman–Crippen LogP) is 2.43. The largest absolute Gasteiger partial charge is 0.285 e. The van der Waals surface area contributed by atoms with Crippen molar-refractivity contribution >= 4 is 5.91 Å². The molecule has 0 aliphatic carbocycles. The number of amides is 1. The van der Waals surface area contributed by atoms with E-state index >= 15 is 0 Å². The van der Waals surface area contributed by atoms with E-state index in [1.54, 1.807) is 0 Å². The van der Waals surface area contributed by atoms with Crippen molar-refractivity contribution in [1.29, 1.82) is 0 Å². The first-order valence-corrected chi connectivity index (χ1v) is 6.30. The lowest BCUT2D eigenvalue weighted by atomic mass is 10.1. The Kier molecular flexibility index (Phi) is 3.79. The first-order valence-electron chi connectivity index (χ1n) is 6.30. The van der Waals surface area contributed by atoms with E-state index in [0.717, 1.165) is 24.2 Å². The van der Waals surface area contributed by atoms with Crippen molar-refractivity contribution in [2.75, 3.05) is 13.1 Å². The number of nitrogens with one attached hydrogen (secondary N) is 1. The molecule has 3 heteroatoms. The highest BCUT2D eigenvalue weighted by molar-refractivity contribution is 5.94. The van der Waals surface area contributed by atoms with Crippen LogP contribution in [0.1, 0.15) is 40.7 Å². The number of benzene rings is 1. The van der Waals surface area contributed by atoms with Gasteiger partial charge in [0.2, 0.25) is 0 Å². The van der Waals surface area contributed by atoms with Crippen molar-refractivity contribution in [3.8, 4) is 0 Å². The summed E-state index contributed by atoms with van der Waals surface area (Å²) in [6.45, 7) is 6.03. The zero-order valence-corrected chi connectivity index (χ0v) is 10.6. The van der Waals surface area contributed by atoms with Gasteiger partial charge in [0.1, 0.15) is 0 Å². The van der Waals surface area contributed by atoms with E-state index in [1.165, 1.54) is 24.8 Å². The minimum atomic E-state index is 0.00926. The van der Waals surface area contributed by atoms with E-state index in [-0.39, 0.29) is 5.91 Å². The van der Waals surface area contributed by atoms with Gasteiger partial charge in [-0.1, -0.05) is 12.5 Å². The van der Waals surface area contributed by atoms with Gasteiger partial charge in [-0.3, -0.25) is 10.2 Å². The summed E-state index contributed by atoms with van der Waals surface area (Å²) in [6, 6.07) is 5.84. The van der Waals surface area contributed by atoms with Gasteiger partial charge >= 0.3 is 0 Å². The molecule has 0 atom stereocenters. The van der Waals surface area contributed by atoms with Gasteiger partial charge in [0.15, 0.2) is 0 Å². The smallest absolute Gasteiger partial charge is 0.265 e. The molecule has 1 N–H and O–H groups in total. The Bertz CT molecular complexity index is 409. The van der Waals surface area contributed by atoms with E-state index in [1.807, 2.05) is 30.1 Å². The van der Waals surface area contributed by atoms with Crippen LogP contribution in [0.4, 0.5) is 0 Å². The highest BCUT2D eigenvalue weighted by atomic mass is 16.2. The molecule has 1 saturated heterocycles. The SMILES string of the molecule is Cc1ccc(C(=O)NN2CCCCC2)cc1C. The molecule has 1 aliphatic heterocycles. The number of piperidine rings is 1. The van der Waals surface area contributed by atoms with E-state index in [4.69, 9.17) is 0 Å². The second kappa shape index (κ2) is 5.32. The molecular weight excluding hydrogens is 212 g/mol. The maximum Gasteiger partial charge on any atom is 0.265 e. The van der Waals surface area contributed by atoms with Crippen LogP contribution in [0, 0.1) is 13.8 Å². The predicted molar refractivity (Wildman–Crippen MR) is 68.8 cm³/mol. The molecule has 1 aliphatic rings. The van der Waals surface area contributed by atoms with Crippen molar-refractivity contribution in [3.63, 3.8) is 0 Å². The fourth-order valence-corrected chi connectivity index (χ4v) is 2.10. The molecule has 0 radical (unpaired) electrons. The third-order valence-corrected chi connectivity index (χ3v) is 3.38. The van der Waals surface area contributed by atoms with Gasteiger partial charge in [-0.2, -0.15) is 0 Å². The maximum absolute atomic E-state index is 12.0.